The lowest BCUT2D eigenvalue weighted by Crippen LogP contribution is -2.63. The Kier molecular flexibility index (Phi) is 14.8. The van der Waals surface area contributed by atoms with E-state index in [1.807, 2.05) is 6.07 Å². The van der Waals surface area contributed by atoms with Gasteiger partial charge in [0.15, 0.2) is 0 Å². The smallest absolute Gasteiger partial charge is 0.404 e. The first kappa shape index (κ1) is 43.2. The lowest BCUT2D eigenvalue weighted by molar-refractivity contribution is -0.177. The van der Waals surface area contributed by atoms with E-state index in [9.17, 15) is 32.3 Å². The number of hydrazine groups is 1. The van der Waals surface area contributed by atoms with E-state index in [2.05, 4.69) is 21.0 Å². The van der Waals surface area contributed by atoms with Crippen molar-refractivity contribution in [3.8, 4) is 0 Å². The summed E-state index contributed by atoms with van der Waals surface area (Å²) in [6, 6.07) is 3.23. The first-order valence-electron chi connectivity index (χ1n) is 16.7. The highest BCUT2D eigenvalue weighted by atomic mass is 35.6. The van der Waals surface area contributed by atoms with Crippen LogP contribution >= 0.6 is 34.8 Å². The molecule has 0 bridgehead atoms. The molecule has 0 radical (unpaired) electrons. The van der Waals surface area contributed by atoms with Crippen LogP contribution in [-0.2, 0) is 28.7 Å². The number of amides is 2. The summed E-state index contributed by atoms with van der Waals surface area (Å²) >= 11 is 16.9. The lowest BCUT2D eigenvalue weighted by atomic mass is 9.82. The minimum absolute atomic E-state index is 0.206. The van der Waals surface area contributed by atoms with Crippen LogP contribution in [-0.4, -0.2) is 81.0 Å². The number of esters is 2. The number of nitrogens with zero attached hydrogens (tertiary/aromatic N) is 2. The molecule has 1 aliphatic heterocycles. The van der Waals surface area contributed by atoms with Gasteiger partial charge in [-0.15, -0.1) is 0 Å². The number of alkyl halides is 6. The van der Waals surface area contributed by atoms with Crippen molar-refractivity contribution in [2.45, 2.75) is 102 Å². The van der Waals surface area contributed by atoms with Crippen LogP contribution in [0, 0.1) is 11.3 Å². The van der Waals surface area contributed by atoms with Crippen LogP contribution in [0.2, 0.25) is 0 Å². The number of hydrogen-bond acceptors (Lipinski definition) is 9. The van der Waals surface area contributed by atoms with E-state index in [-0.39, 0.29) is 6.54 Å². The Morgan fingerprint density at radius 2 is 1.73 bits per heavy atom. The van der Waals surface area contributed by atoms with Crippen LogP contribution in [0.4, 0.5) is 13.2 Å². The van der Waals surface area contributed by atoms with E-state index >= 15 is 0 Å². The second kappa shape index (κ2) is 17.8. The second-order valence-corrected chi connectivity index (χ2v) is 16.2. The van der Waals surface area contributed by atoms with Crippen molar-refractivity contribution in [1.29, 1.82) is 0 Å². The van der Waals surface area contributed by atoms with Crippen LogP contribution in [0.15, 0.2) is 36.4 Å². The Bertz CT molecular complexity index is 1640. The summed E-state index contributed by atoms with van der Waals surface area (Å²) in [7, 11) is 0. The number of benzene rings is 1. The fourth-order valence-electron chi connectivity index (χ4n) is 5.65. The standard InChI is InChI=1S/C35H45Cl3F3N5O6/c1-19(2)28(29(48)42-20(3)30(49)46-16-8-9-26(45-46)31(50)51-18-34(36,37)38)44-32(35(39,40)41)33(6,7)15-14-23-10-11-24-12-13-25(43-27(24)17-23)21(4)52-22(5)47/h10-15,17,19-21,26,28,32,44-45H,8-9,16,18H2,1-7H3,(H,42,48)/b15-14+/t20?,21-,26?,28?,32-/m1/s1. The van der Waals surface area contributed by atoms with Gasteiger partial charge in [0, 0.05) is 24.3 Å². The molecule has 52 heavy (non-hydrogen) atoms. The topological polar surface area (TPSA) is 139 Å². The van der Waals surface area contributed by atoms with E-state index in [0.717, 1.165) is 10.4 Å². The van der Waals surface area contributed by atoms with Crippen molar-refractivity contribution in [1.82, 2.24) is 26.1 Å². The van der Waals surface area contributed by atoms with Gasteiger partial charge in [-0.1, -0.05) is 92.8 Å². The predicted octanol–water partition coefficient (Wildman–Crippen LogP) is 6.36. The number of rotatable bonds is 13. The zero-order chi connectivity index (χ0) is 39.2. The SMILES string of the molecule is CC(=O)O[C@H](C)c1ccc2ccc(/C=C/C(C)(C)[C@@H](NC(C(=O)NC(C)C(=O)N3CCCC(C(=O)OCC(Cl)(Cl)Cl)N3)C(C)C)C(F)(F)F)cc2n1. The summed E-state index contributed by atoms with van der Waals surface area (Å²) in [6.07, 6.45) is -1.62. The Labute approximate surface area is 316 Å². The predicted molar refractivity (Wildman–Crippen MR) is 193 cm³/mol. The molecule has 17 heteroatoms. The fraction of sp³-hybridized carbons (Fsp3) is 0.571. The van der Waals surface area contributed by atoms with Crippen molar-refractivity contribution >= 4 is 75.5 Å². The van der Waals surface area contributed by atoms with Gasteiger partial charge in [0.05, 0.1) is 17.3 Å². The summed E-state index contributed by atoms with van der Waals surface area (Å²) in [5.74, 6) is -3.21. The lowest BCUT2D eigenvalue weighted by Gasteiger charge is -2.38. The number of nitrogens with one attached hydrogen (secondary N) is 3. The maximum absolute atomic E-state index is 14.7. The van der Waals surface area contributed by atoms with Gasteiger partial charge in [0.2, 0.25) is 9.70 Å². The van der Waals surface area contributed by atoms with Gasteiger partial charge in [-0.05, 0) is 50.3 Å². The van der Waals surface area contributed by atoms with E-state index in [0.29, 0.717) is 29.6 Å². The molecular weight excluding hydrogens is 750 g/mol. The Balaban J connectivity index is 1.74. The van der Waals surface area contributed by atoms with E-state index in [1.165, 1.54) is 33.8 Å². The van der Waals surface area contributed by atoms with Crippen molar-refractivity contribution < 1.29 is 41.8 Å². The third-order valence-corrected chi connectivity index (χ3v) is 8.74. The number of ether oxygens (including phenoxy) is 2. The molecule has 0 spiro atoms. The van der Waals surface area contributed by atoms with Gasteiger partial charge in [-0.3, -0.25) is 29.5 Å². The number of pyridine rings is 1. The van der Waals surface area contributed by atoms with Crippen LogP contribution < -0.4 is 16.1 Å². The molecule has 1 fully saturated rings. The van der Waals surface area contributed by atoms with E-state index in [4.69, 9.17) is 44.3 Å². The van der Waals surface area contributed by atoms with E-state index < -0.39 is 81.9 Å². The second-order valence-electron chi connectivity index (χ2n) is 13.7. The van der Waals surface area contributed by atoms with Gasteiger partial charge in [-0.2, -0.15) is 13.2 Å². The molecule has 1 aromatic heterocycles. The van der Waals surface area contributed by atoms with Crippen molar-refractivity contribution in [2.75, 3.05) is 13.2 Å². The molecule has 1 aromatic carbocycles. The number of carbonyl (C=O) groups excluding carboxylic acids is 4. The molecule has 1 saturated heterocycles. The molecule has 1 aliphatic rings. The van der Waals surface area contributed by atoms with Gasteiger partial charge < -0.3 is 14.8 Å². The average molecular weight is 795 g/mol. The molecule has 11 nitrogen and oxygen atoms in total. The number of hydrogen-bond donors (Lipinski definition) is 3. The molecule has 2 amide bonds. The van der Waals surface area contributed by atoms with Crippen LogP contribution in [0.5, 0.6) is 0 Å². The first-order chi connectivity index (χ1) is 24.0. The molecule has 0 saturated carbocycles. The van der Waals surface area contributed by atoms with E-state index in [1.54, 1.807) is 51.1 Å². The maximum Gasteiger partial charge on any atom is 0.404 e. The highest BCUT2D eigenvalue weighted by Gasteiger charge is 2.50. The normalized spacial score (nSPS) is 18.2. The highest BCUT2D eigenvalue weighted by molar-refractivity contribution is 6.67. The molecular formula is C35H45Cl3F3N5O6. The molecule has 0 aliphatic carbocycles. The number of aromatic nitrogens is 1. The molecule has 3 N–H and O–H groups in total. The van der Waals surface area contributed by atoms with Crippen molar-refractivity contribution in [2.24, 2.45) is 11.3 Å². The number of fused-ring (bicyclic) bond motifs is 1. The summed E-state index contributed by atoms with van der Waals surface area (Å²) in [6.45, 7) is 10.1. The molecule has 5 atom stereocenters. The highest BCUT2D eigenvalue weighted by Crippen LogP contribution is 2.36. The summed E-state index contributed by atoms with van der Waals surface area (Å²) in [4.78, 5) is 55.1. The third-order valence-electron chi connectivity index (χ3n) is 8.41. The van der Waals surface area contributed by atoms with Crippen LogP contribution in [0.3, 0.4) is 0 Å². The quantitative estimate of drug-likeness (QED) is 0.156. The zero-order valence-electron chi connectivity index (χ0n) is 29.9. The van der Waals surface area contributed by atoms with Crippen molar-refractivity contribution in [3.63, 3.8) is 0 Å². The Morgan fingerprint density at radius 1 is 1.08 bits per heavy atom. The summed E-state index contributed by atoms with van der Waals surface area (Å²) in [5.41, 5.74) is 2.87. The molecule has 2 heterocycles. The minimum atomic E-state index is -4.77. The Hall–Kier alpha value is -3.17. The fourth-order valence-corrected chi connectivity index (χ4v) is 5.81. The number of halogens is 6. The molecule has 288 valence electrons. The van der Waals surface area contributed by atoms with Gasteiger partial charge >= 0.3 is 18.1 Å². The molecule has 3 unspecified atom stereocenters. The number of carbonyl (C=O) groups is 4. The zero-order valence-corrected chi connectivity index (χ0v) is 32.2. The molecule has 2 aromatic rings. The van der Waals surface area contributed by atoms with Crippen LogP contribution in [0.1, 0.15) is 78.7 Å². The minimum Gasteiger partial charge on any atom is -0.460 e. The Morgan fingerprint density at radius 3 is 2.33 bits per heavy atom. The molecule has 3 rings (SSSR count). The monoisotopic (exact) mass is 793 g/mol. The van der Waals surface area contributed by atoms with Gasteiger partial charge in [0.25, 0.3) is 5.91 Å². The maximum atomic E-state index is 14.7. The van der Waals surface area contributed by atoms with Gasteiger partial charge in [0.1, 0.15) is 30.8 Å². The summed E-state index contributed by atoms with van der Waals surface area (Å²) in [5, 5.41) is 7.01. The van der Waals surface area contributed by atoms with Gasteiger partial charge in [-0.25, -0.2) is 10.4 Å². The first-order valence-corrected chi connectivity index (χ1v) is 17.8. The largest absolute Gasteiger partial charge is 0.460 e. The third kappa shape index (κ3) is 12.5. The average Bonchev–Trinajstić information content (AvgIpc) is 3.04. The summed E-state index contributed by atoms with van der Waals surface area (Å²) < 4.78 is 52.5. The van der Waals surface area contributed by atoms with Crippen LogP contribution in [0.25, 0.3) is 17.0 Å². The van der Waals surface area contributed by atoms with Crippen molar-refractivity contribution in [3.05, 3.63) is 47.7 Å².